The Morgan fingerprint density at radius 1 is 0.738 bits per heavy atom. The van der Waals surface area contributed by atoms with Crippen molar-refractivity contribution in [3.8, 4) is 0 Å². The molecule has 0 amide bonds. The van der Waals surface area contributed by atoms with Gasteiger partial charge in [0.15, 0.2) is 24.7 Å². The minimum atomic E-state index is -1.83. The lowest BCUT2D eigenvalue weighted by atomic mass is 9.46. The maximum atomic E-state index is 11.6. The molecule has 5 aliphatic heterocycles. The van der Waals surface area contributed by atoms with Crippen molar-refractivity contribution in [1.82, 2.24) is 0 Å². The summed E-state index contributed by atoms with van der Waals surface area (Å²) in [5.74, 6) is 1.55. The van der Waals surface area contributed by atoms with Gasteiger partial charge in [-0.2, -0.15) is 0 Å². The summed E-state index contributed by atoms with van der Waals surface area (Å²) in [6.45, 7) is 10.5. The SMILES string of the molecule is C[C@H]1CC[C@]2(OC1)O[C@@H]1C[C@@H]3[C@H]4CC=C5C[C@H](O)C[C@H](O[C@H]6O[C@@H](C)[C@@H](O)[C@@H](O[C@H]7OC[C@H](O)[C@@H](O)[C@@H]7O)[C@@H]6O[C@H]6O[C@@H](CO)[C@H](O)[C@@H](O)[C@@H]6O)[C@@]5(C)[C@@H]4CC[C@@]3(C)[C@@H]1[C@H]2C. The van der Waals surface area contributed by atoms with Crippen LogP contribution < -0.4 is 0 Å². The highest BCUT2D eigenvalue weighted by atomic mass is 16.8. The summed E-state index contributed by atoms with van der Waals surface area (Å²) in [6, 6.07) is 0. The first-order valence-electron chi connectivity index (χ1n) is 22.9. The Labute approximate surface area is 357 Å². The summed E-state index contributed by atoms with van der Waals surface area (Å²) in [6.07, 6.45) is -13.7. The highest BCUT2D eigenvalue weighted by Crippen LogP contribution is 2.71. The maximum Gasteiger partial charge on any atom is 0.187 e. The van der Waals surface area contributed by atoms with Crippen LogP contribution in [0, 0.1) is 46.3 Å². The van der Waals surface area contributed by atoms with Crippen LogP contribution in [0.2, 0.25) is 0 Å². The Morgan fingerprint density at radius 2 is 1.48 bits per heavy atom. The number of hydrogen-bond donors (Lipinski definition) is 9. The van der Waals surface area contributed by atoms with Crippen molar-refractivity contribution in [2.75, 3.05) is 19.8 Å². The number of ether oxygens (including phenoxy) is 8. The molecule has 0 unspecified atom stereocenters. The third-order valence-electron chi connectivity index (χ3n) is 17.4. The largest absolute Gasteiger partial charge is 0.394 e. The first-order chi connectivity index (χ1) is 28.9. The molecule has 5 heterocycles. The summed E-state index contributed by atoms with van der Waals surface area (Å²) >= 11 is 0. The Bertz CT molecular complexity index is 1590. The number of hydrogen-bond acceptors (Lipinski definition) is 17. The standard InChI is InChI=1S/C44H70O17/c1-18-8-11-44(55-16-18)19(2)30-27(61-44)14-25-23-7-6-21-12-22(46)13-29(43(21,5)24(23)9-10-42(25,30)4)58-41-38(60-40-36(53)34(51)33(50)28(15-45)57-40)37(31(48)20(3)56-41)59-39-35(52)32(49)26(47)17-54-39/h6,18-20,22-41,45-53H,7-17H2,1-5H3/t18-,19+,20-,22-,23-,24+,25+,26-,27+,28-,29-,30+,31+,32+,33-,34+,35-,36-,37+,38-,39+,40+,41+,42+,43+,44-/m0/s1. The highest BCUT2D eigenvalue weighted by Gasteiger charge is 2.70. The van der Waals surface area contributed by atoms with Crippen molar-refractivity contribution in [2.45, 2.75) is 196 Å². The van der Waals surface area contributed by atoms with E-state index in [1.165, 1.54) is 0 Å². The van der Waals surface area contributed by atoms with Gasteiger partial charge < -0.3 is 83.9 Å². The molecule has 26 atom stereocenters. The molecule has 0 bridgehead atoms. The third kappa shape index (κ3) is 7.32. The Hall–Kier alpha value is -0.940. The fourth-order valence-corrected chi connectivity index (χ4v) is 13.8. The zero-order valence-electron chi connectivity index (χ0n) is 35.9. The molecule has 17 heteroatoms. The van der Waals surface area contributed by atoms with Crippen LogP contribution in [0.1, 0.15) is 86.0 Å². The molecule has 9 N–H and O–H groups in total. The van der Waals surface area contributed by atoms with Crippen LogP contribution in [-0.4, -0.2) is 176 Å². The fourth-order valence-electron chi connectivity index (χ4n) is 13.8. The quantitative estimate of drug-likeness (QED) is 0.151. The van der Waals surface area contributed by atoms with Gasteiger partial charge in [0.1, 0.15) is 61.0 Å². The first-order valence-corrected chi connectivity index (χ1v) is 22.9. The Balaban J connectivity index is 1.01. The van der Waals surface area contributed by atoms with Crippen LogP contribution in [0.25, 0.3) is 0 Å². The topological polar surface area (TPSA) is 256 Å². The van der Waals surface area contributed by atoms with Crippen molar-refractivity contribution < 1.29 is 83.9 Å². The van der Waals surface area contributed by atoms with Crippen molar-refractivity contribution in [3.63, 3.8) is 0 Å². The molecule has 0 aromatic rings. The second-order valence-electron chi connectivity index (χ2n) is 20.7. The molecule has 9 aliphatic rings. The summed E-state index contributed by atoms with van der Waals surface area (Å²) in [4.78, 5) is 0. The van der Waals surface area contributed by atoms with E-state index in [4.69, 9.17) is 37.9 Å². The van der Waals surface area contributed by atoms with Gasteiger partial charge >= 0.3 is 0 Å². The van der Waals surface area contributed by atoms with Crippen LogP contribution in [0.15, 0.2) is 11.6 Å². The smallest absolute Gasteiger partial charge is 0.187 e. The Kier molecular flexibility index (Phi) is 12.4. The van der Waals surface area contributed by atoms with Gasteiger partial charge in [-0.05, 0) is 80.5 Å². The number of allylic oxidation sites excluding steroid dienone is 1. The average Bonchev–Trinajstić information content (AvgIpc) is 3.68. The van der Waals surface area contributed by atoms with Gasteiger partial charge in [0.25, 0.3) is 0 Å². The van der Waals surface area contributed by atoms with E-state index in [1.54, 1.807) is 6.92 Å². The average molecular weight is 871 g/mol. The summed E-state index contributed by atoms with van der Waals surface area (Å²) in [5.41, 5.74) is 0.602. The Morgan fingerprint density at radius 3 is 2.20 bits per heavy atom. The number of fused-ring (bicyclic) bond motifs is 7. The molecule has 9 rings (SSSR count). The summed E-state index contributed by atoms with van der Waals surface area (Å²) in [5, 5.41) is 96.9. The molecule has 8 fully saturated rings. The van der Waals surface area contributed by atoms with Crippen LogP contribution in [0.3, 0.4) is 0 Å². The highest BCUT2D eigenvalue weighted by molar-refractivity contribution is 5.29. The molecule has 348 valence electrons. The van der Waals surface area contributed by atoms with E-state index < -0.39 is 116 Å². The second-order valence-corrected chi connectivity index (χ2v) is 20.7. The lowest BCUT2D eigenvalue weighted by Crippen LogP contribution is -2.67. The van der Waals surface area contributed by atoms with E-state index >= 15 is 0 Å². The van der Waals surface area contributed by atoms with Crippen molar-refractivity contribution in [2.24, 2.45) is 46.3 Å². The van der Waals surface area contributed by atoms with E-state index in [0.717, 1.165) is 50.7 Å². The zero-order chi connectivity index (χ0) is 43.5. The third-order valence-corrected chi connectivity index (χ3v) is 17.4. The number of aliphatic hydroxyl groups excluding tert-OH is 9. The van der Waals surface area contributed by atoms with Crippen LogP contribution in [0.4, 0.5) is 0 Å². The molecule has 4 aliphatic carbocycles. The fraction of sp³-hybridized carbons (Fsp3) is 0.955. The molecule has 3 saturated carbocycles. The van der Waals surface area contributed by atoms with Crippen LogP contribution in [0.5, 0.6) is 0 Å². The lowest BCUT2D eigenvalue weighted by molar-refractivity contribution is -0.392. The molecular formula is C44H70O17. The maximum absolute atomic E-state index is 11.6. The first kappa shape index (κ1) is 45.2. The predicted molar refractivity (Wildman–Crippen MR) is 210 cm³/mol. The van der Waals surface area contributed by atoms with Crippen molar-refractivity contribution in [3.05, 3.63) is 11.6 Å². The van der Waals surface area contributed by atoms with Crippen LogP contribution in [-0.2, 0) is 37.9 Å². The van der Waals surface area contributed by atoms with Gasteiger partial charge in [-0.1, -0.05) is 39.3 Å². The van der Waals surface area contributed by atoms with Gasteiger partial charge in [-0.25, -0.2) is 0 Å². The van der Waals surface area contributed by atoms with E-state index in [2.05, 4.69) is 33.8 Å². The van der Waals surface area contributed by atoms with E-state index in [1.807, 2.05) is 0 Å². The molecule has 0 aromatic carbocycles. The zero-order valence-corrected chi connectivity index (χ0v) is 35.9. The summed E-state index contributed by atoms with van der Waals surface area (Å²) in [7, 11) is 0. The second kappa shape index (κ2) is 16.7. The van der Waals surface area contributed by atoms with Crippen molar-refractivity contribution in [1.29, 1.82) is 0 Å². The van der Waals surface area contributed by atoms with Gasteiger partial charge in [0.05, 0.1) is 44.2 Å². The molecule has 0 aromatic heterocycles. The monoisotopic (exact) mass is 870 g/mol. The predicted octanol–water partition coefficient (Wildman–Crippen LogP) is -0.176. The van der Waals surface area contributed by atoms with Gasteiger partial charge in [-0.3, -0.25) is 0 Å². The van der Waals surface area contributed by atoms with Crippen LogP contribution >= 0.6 is 0 Å². The van der Waals surface area contributed by atoms with Gasteiger partial charge in [0, 0.05) is 24.2 Å². The normalized spacial score (nSPS) is 58.4. The van der Waals surface area contributed by atoms with E-state index in [9.17, 15) is 46.0 Å². The number of aliphatic hydroxyl groups is 9. The summed E-state index contributed by atoms with van der Waals surface area (Å²) < 4.78 is 50.8. The molecule has 1 spiro atoms. The molecule has 5 saturated heterocycles. The minimum absolute atomic E-state index is 0.0513. The van der Waals surface area contributed by atoms with E-state index in [-0.39, 0.29) is 36.4 Å². The lowest BCUT2D eigenvalue weighted by Gasteiger charge is -2.60. The van der Waals surface area contributed by atoms with Crippen molar-refractivity contribution >= 4 is 0 Å². The molecule has 61 heavy (non-hydrogen) atoms. The van der Waals surface area contributed by atoms with Gasteiger partial charge in [-0.15, -0.1) is 0 Å². The minimum Gasteiger partial charge on any atom is -0.394 e. The molecule has 0 radical (unpaired) electrons. The van der Waals surface area contributed by atoms with E-state index in [0.29, 0.717) is 30.1 Å². The molecule has 17 nitrogen and oxygen atoms in total. The number of rotatable bonds is 7. The molecular weight excluding hydrogens is 800 g/mol. The van der Waals surface area contributed by atoms with Gasteiger partial charge in [0.2, 0.25) is 0 Å².